The molecule has 5 heteroatoms. The lowest BCUT2D eigenvalue weighted by molar-refractivity contribution is 0.509. The van der Waals surface area contributed by atoms with Gasteiger partial charge in [-0.2, -0.15) is 0 Å². The van der Waals surface area contributed by atoms with Gasteiger partial charge in [0.2, 0.25) is 0 Å². The Morgan fingerprint density at radius 3 is 2.65 bits per heavy atom. The summed E-state index contributed by atoms with van der Waals surface area (Å²) in [5.41, 5.74) is 1.35. The first-order chi connectivity index (χ1) is 9.63. The van der Waals surface area contributed by atoms with Crippen LogP contribution in [0.1, 0.15) is 30.6 Å². The van der Waals surface area contributed by atoms with Crippen LogP contribution in [0, 0.1) is 18.6 Å². The van der Waals surface area contributed by atoms with Crippen molar-refractivity contribution in [3.8, 4) is 11.3 Å². The van der Waals surface area contributed by atoms with Crippen LogP contribution < -0.4 is 5.32 Å². The van der Waals surface area contributed by atoms with E-state index in [9.17, 15) is 8.78 Å². The average molecular weight is 294 g/mol. The van der Waals surface area contributed by atoms with E-state index < -0.39 is 11.6 Å². The van der Waals surface area contributed by atoms with Crippen molar-refractivity contribution in [3.63, 3.8) is 0 Å². The number of anilines is 1. The molecule has 1 aliphatic rings. The number of rotatable bonds is 3. The van der Waals surface area contributed by atoms with E-state index in [4.69, 9.17) is 0 Å². The highest BCUT2D eigenvalue weighted by Crippen LogP contribution is 2.32. The van der Waals surface area contributed by atoms with Gasteiger partial charge in [-0.3, -0.25) is 0 Å². The van der Waals surface area contributed by atoms with E-state index in [0.29, 0.717) is 11.6 Å². The molecule has 0 radical (unpaired) electrons. The number of aryl methyl sites for hydroxylation is 1. The minimum Gasteiger partial charge on any atom is -0.359 e. The molecule has 1 aromatic carbocycles. The molecule has 1 aromatic heterocycles. The molecule has 0 atom stereocenters. The molecule has 106 valence electrons. The van der Waals surface area contributed by atoms with Gasteiger partial charge in [0.25, 0.3) is 0 Å². The summed E-state index contributed by atoms with van der Waals surface area (Å²) in [6, 6.07) is 4.42. The monoisotopic (exact) mass is 294 g/mol. The third-order valence-corrected chi connectivity index (χ3v) is 4.57. The number of nitrogens with zero attached hydrogens (tertiary/aromatic N) is 1. The van der Waals surface area contributed by atoms with Gasteiger partial charge in [0.05, 0.1) is 5.69 Å². The van der Waals surface area contributed by atoms with Gasteiger partial charge < -0.3 is 5.32 Å². The summed E-state index contributed by atoms with van der Waals surface area (Å²) in [5, 5.41) is 4.31. The largest absolute Gasteiger partial charge is 0.359 e. The molecule has 0 unspecified atom stereocenters. The highest BCUT2D eigenvalue weighted by atomic mass is 32.1. The van der Waals surface area contributed by atoms with Crippen molar-refractivity contribution in [3.05, 3.63) is 34.7 Å². The van der Waals surface area contributed by atoms with Crippen LogP contribution >= 0.6 is 11.3 Å². The van der Waals surface area contributed by atoms with Crippen LogP contribution in [-0.2, 0) is 0 Å². The Kier molecular flexibility index (Phi) is 3.70. The summed E-state index contributed by atoms with van der Waals surface area (Å²) < 4.78 is 26.3. The second-order valence-corrected chi connectivity index (χ2v) is 6.38. The van der Waals surface area contributed by atoms with E-state index in [1.807, 2.05) is 6.92 Å². The molecule has 0 bridgehead atoms. The van der Waals surface area contributed by atoms with Crippen LogP contribution in [-0.4, -0.2) is 11.0 Å². The Morgan fingerprint density at radius 2 is 1.95 bits per heavy atom. The van der Waals surface area contributed by atoms with Crippen molar-refractivity contribution in [1.82, 2.24) is 4.98 Å². The maximum atomic E-state index is 13.3. The Bertz CT molecular complexity index is 618. The molecular weight excluding hydrogens is 278 g/mol. The Morgan fingerprint density at radius 1 is 1.20 bits per heavy atom. The molecule has 1 fully saturated rings. The molecule has 2 nitrogen and oxygen atoms in total. The zero-order valence-corrected chi connectivity index (χ0v) is 12.1. The van der Waals surface area contributed by atoms with E-state index in [0.717, 1.165) is 21.8 Å². The molecule has 0 spiro atoms. The van der Waals surface area contributed by atoms with Crippen LogP contribution in [0.5, 0.6) is 0 Å². The fourth-order valence-corrected chi connectivity index (χ4v) is 3.53. The highest BCUT2D eigenvalue weighted by Gasteiger charge is 2.18. The second kappa shape index (κ2) is 5.48. The standard InChI is InChI=1S/C15H16F2N2S/c1-9-14(10-6-7-12(16)13(17)8-10)19-15(20-9)18-11-4-2-3-5-11/h6-8,11H,2-5H2,1H3,(H,18,19). The molecule has 1 N–H and O–H groups in total. The lowest BCUT2D eigenvalue weighted by Gasteiger charge is -2.09. The topological polar surface area (TPSA) is 24.9 Å². The van der Waals surface area contributed by atoms with Crippen molar-refractivity contribution < 1.29 is 8.78 Å². The Hall–Kier alpha value is -1.49. The first kappa shape index (κ1) is 13.5. The number of hydrogen-bond donors (Lipinski definition) is 1. The summed E-state index contributed by atoms with van der Waals surface area (Å²) in [7, 11) is 0. The minimum atomic E-state index is -0.833. The number of benzene rings is 1. The zero-order chi connectivity index (χ0) is 14.1. The molecule has 0 aliphatic heterocycles. The fourth-order valence-electron chi connectivity index (χ4n) is 2.61. The van der Waals surface area contributed by atoms with Crippen molar-refractivity contribution in [2.45, 2.75) is 38.6 Å². The minimum absolute atomic E-state index is 0.498. The van der Waals surface area contributed by atoms with Crippen molar-refractivity contribution >= 4 is 16.5 Å². The van der Waals surface area contributed by atoms with Crippen LogP contribution in [0.2, 0.25) is 0 Å². The quantitative estimate of drug-likeness (QED) is 0.883. The molecule has 0 saturated heterocycles. The molecule has 3 rings (SSSR count). The van der Waals surface area contributed by atoms with Gasteiger partial charge in [-0.25, -0.2) is 13.8 Å². The summed E-state index contributed by atoms with van der Waals surface area (Å²) >= 11 is 1.57. The van der Waals surface area contributed by atoms with Crippen LogP contribution in [0.25, 0.3) is 11.3 Å². The molecule has 1 aliphatic carbocycles. The van der Waals surface area contributed by atoms with E-state index in [2.05, 4.69) is 10.3 Å². The van der Waals surface area contributed by atoms with Crippen LogP contribution in [0.4, 0.5) is 13.9 Å². The SMILES string of the molecule is Cc1sc(NC2CCCC2)nc1-c1ccc(F)c(F)c1. The van der Waals surface area contributed by atoms with Gasteiger partial charge >= 0.3 is 0 Å². The van der Waals surface area contributed by atoms with Crippen molar-refractivity contribution in [2.75, 3.05) is 5.32 Å². The molecule has 20 heavy (non-hydrogen) atoms. The second-order valence-electron chi connectivity index (χ2n) is 5.18. The van der Waals surface area contributed by atoms with Gasteiger partial charge in [0, 0.05) is 16.5 Å². The van der Waals surface area contributed by atoms with Crippen LogP contribution in [0.15, 0.2) is 18.2 Å². The van der Waals surface area contributed by atoms with Gasteiger partial charge in [0.15, 0.2) is 16.8 Å². The number of thiazole rings is 1. The van der Waals surface area contributed by atoms with Gasteiger partial charge in [-0.05, 0) is 38.0 Å². The number of hydrogen-bond acceptors (Lipinski definition) is 3. The summed E-state index contributed by atoms with van der Waals surface area (Å²) in [6.45, 7) is 1.95. The fraction of sp³-hybridized carbons (Fsp3) is 0.400. The third kappa shape index (κ3) is 2.68. The normalized spacial score (nSPS) is 15.8. The highest BCUT2D eigenvalue weighted by molar-refractivity contribution is 7.16. The number of aromatic nitrogens is 1. The molecule has 1 saturated carbocycles. The zero-order valence-electron chi connectivity index (χ0n) is 11.2. The smallest absolute Gasteiger partial charge is 0.183 e. The summed E-state index contributed by atoms with van der Waals surface area (Å²) in [6.07, 6.45) is 4.88. The first-order valence-corrected chi connectivity index (χ1v) is 7.64. The van der Waals surface area contributed by atoms with E-state index in [1.165, 1.54) is 31.7 Å². The number of nitrogens with one attached hydrogen (secondary N) is 1. The number of halogens is 2. The average Bonchev–Trinajstić information content (AvgIpc) is 3.03. The van der Waals surface area contributed by atoms with Gasteiger partial charge in [-0.1, -0.05) is 12.8 Å². The molecule has 1 heterocycles. The summed E-state index contributed by atoms with van der Waals surface area (Å²) in [5.74, 6) is -1.66. The van der Waals surface area contributed by atoms with E-state index >= 15 is 0 Å². The molecule has 0 amide bonds. The molecule has 2 aromatic rings. The maximum absolute atomic E-state index is 13.3. The van der Waals surface area contributed by atoms with Gasteiger partial charge in [-0.15, -0.1) is 11.3 Å². The van der Waals surface area contributed by atoms with Crippen molar-refractivity contribution in [2.24, 2.45) is 0 Å². The van der Waals surface area contributed by atoms with E-state index in [-0.39, 0.29) is 0 Å². The summed E-state index contributed by atoms with van der Waals surface area (Å²) in [4.78, 5) is 5.54. The third-order valence-electron chi connectivity index (χ3n) is 3.67. The lowest BCUT2D eigenvalue weighted by atomic mass is 10.1. The Balaban J connectivity index is 1.85. The van der Waals surface area contributed by atoms with Crippen LogP contribution in [0.3, 0.4) is 0 Å². The predicted octanol–water partition coefficient (Wildman–Crippen LogP) is 4.75. The first-order valence-electron chi connectivity index (χ1n) is 6.83. The van der Waals surface area contributed by atoms with Gasteiger partial charge in [0.1, 0.15) is 0 Å². The lowest BCUT2D eigenvalue weighted by Crippen LogP contribution is -2.13. The maximum Gasteiger partial charge on any atom is 0.183 e. The molecular formula is C15H16F2N2S. The predicted molar refractivity (Wildman–Crippen MR) is 78.1 cm³/mol. The van der Waals surface area contributed by atoms with E-state index in [1.54, 1.807) is 17.4 Å². The van der Waals surface area contributed by atoms with Crippen molar-refractivity contribution in [1.29, 1.82) is 0 Å². The Labute approximate surface area is 120 Å².